The van der Waals surface area contributed by atoms with Crippen LogP contribution in [0.25, 0.3) is 10.9 Å². The number of hydrogen-bond donors (Lipinski definition) is 0. The molecule has 0 unspecified atom stereocenters. The zero-order valence-electron chi connectivity index (χ0n) is 18.4. The number of hydrogen-bond acceptors (Lipinski definition) is 3. The summed E-state index contributed by atoms with van der Waals surface area (Å²) < 4.78 is 2.99. The van der Waals surface area contributed by atoms with Gasteiger partial charge in [0.15, 0.2) is 5.78 Å². The summed E-state index contributed by atoms with van der Waals surface area (Å²) >= 11 is 0. The molecule has 4 aromatic rings. The Morgan fingerprint density at radius 1 is 0.875 bits per heavy atom. The van der Waals surface area contributed by atoms with Crippen LogP contribution in [0.1, 0.15) is 40.4 Å². The van der Waals surface area contributed by atoms with Crippen molar-refractivity contribution in [1.29, 1.82) is 0 Å². The number of carbonyl (C=O) groups is 1. The second-order valence-electron chi connectivity index (χ2n) is 8.00. The van der Waals surface area contributed by atoms with Crippen LogP contribution in [0.3, 0.4) is 0 Å². The maximum atomic E-state index is 13.4. The molecule has 32 heavy (non-hydrogen) atoms. The van der Waals surface area contributed by atoms with E-state index in [0.717, 1.165) is 16.7 Å². The van der Waals surface area contributed by atoms with E-state index < -0.39 is 0 Å². The fourth-order valence-electron chi connectivity index (χ4n) is 4.03. The molecule has 0 aliphatic rings. The fraction of sp³-hybridized carbons (Fsp3) is 0.222. The Morgan fingerprint density at radius 3 is 2.31 bits per heavy atom. The number of Topliss-reactive ketones (excluding diaryl/α,β-unsaturated/α-hetero) is 1. The lowest BCUT2D eigenvalue weighted by Crippen LogP contribution is -2.40. The molecular weight excluding hydrogens is 400 g/mol. The Labute approximate surface area is 186 Å². The third-order valence-corrected chi connectivity index (χ3v) is 5.91. The molecule has 0 atom stereocenters. The summed E-state index contributed by atoms with van der Waals surface area (Å²) in [6.07, 6.45) is 1.05. The van der Waals surface area contributed by atoms with Crippen molar-refractivity contribution in [3.8, 4) is 0 Å². The average Bonchev–Trinajstić information content (AvgIpc) is 2.82. The van der Waals surface area contributed by atoms with Gasteiger partial charge in [-0.05, 0) is 48.2 Å². The normalized spacial score (nSPS) is 11.1. The first kappa shape index (κ1) is 21.5. The van der Waals surface area contributed by atoms with Crippen molar-refractivity contribution in [2.75, 3.05) is 0 Å². The second kappa shape index (κ2) is 9.18. The van der Waals surface area contributed by atoms with Crippen molar-refractivity contribution in [3.05, 3.63) is 116 Å². The maximum absolute atomic E-state index is 13.4. The minimum absolute atomic E-state index is 0.0942. The van der Waals surface area contributed by atoms with Gasteiger partial charge in [0.1, 0.15) is 0 Å². The van der Waals surface area contributed by atoms with Crippen molar-refractivity contribution in [3.63, 3.8) is 0 Å². The molecule has 1 heterocycles. The van der Waals surface area contributed by atoms with E-state index in [-0.39, 0.29) is 17.0 Å². The highest BCUT2D eigenvalue weighted by Crippen LogP contribution is 2.16. The Balaban J connectivity index is 1.78. The standard InChI is InChI=1S/C27H26N2O3/c1-3-25(30)21-13-14-22(19(2)17-21)18-29-24-12-8-7-11-23(24)26(31)28(27(29)32)16-15-20-9-5-4-6-10-20/h4-14,17H,3,15-16,18H2,1-2H3. The van der Waals surface area contributed by atoms with Crippen LogP contribution < -0.4 is 11.2 Å². The SMILES string of the molecule is CCC(=O)c1ccc(Cn2c(=O)n(CCc3ccccc3)c(=O)c3ccccc32)c(C)c1. The Morgan fingerprint density at radius 2 is 1.59 bits per heavy atom. The molecular formula is C27H26N2O3. The van der Waals surface area contributed by atoms with Gasteiger partial charge in [-0.25, -0.2) is 4.79 Å². The zero-order chi connectivity index (χ0) is 22.7. The number of aryl methyl sites for hydroxylation is 2. The van der Waals surface area contributed by atoms with Crippen molar-refractivity contribution in [2.24, 2.45) is 0 Å². The summed E-state index contributed by atoms with van der Waals surface area (Å²) in [5.41, 5.74) is 3.67. The molecule has 0 N–H and O–H groups in total. The topological polar surface area (TPSA) is 61.1 Å². The largest absolute Gasteiger partial charge is 0.331 e. The molecule has 0 bridgehead atoms. The Bertz CT molecular complexity index is 1400. The van der Waals surface area contributed by atoms with Crippen LogP contribution in [0, 0.1) is 6.92 Å². The molecule has 0 amide bonds. The first-order chi connectivity index (χ1) is 15.5. The first-order valence-electron chi connectivity index (χ1n) is 10.9. The molecule has 162 valence electrons. The fourth-order valence-corrected chi connectivity index (χ4v) is 4.03. The third-order valence-electron chi connectivity index (χ3n) is 5.91. The van der Waals surface area contributed by atoms with Crippen LogP contribution >= 0.6 is 0 Å². The number of ketones is 1. The minimum atomic E-state index is -0.322. The van der Waals surface area contributed by atoms with Crippen molar-refractivity contribution in [1.82, 2.24) is 9.13 Å². The average molecular weight is 427 g/mol. The number of para-hydroxylation sites is 1. The van der Waals surface area contributed by atoms with Gasteiger partial charge in [0.25, 0.3) is 5.56 Å². The van der Waals surface area contributed by atoms with Crippen molar-refractivity contribution >= 4 is 16.7 Å². The van der Waals surface area contributed by atoms with Crippen LogP contribution in [0.5, 0.6) is 0 Å². The highest BCUT2D eigenvalue weighted by atomic mass is 16.2. The van der Waals surface area contributed by atoms with Crippen molar-refractivity contribution < 1.29 is 4.79 Å². The number of aromatic nitrogens is 2. The van der Waals surface area contributed by atoms with Gasteiger partial charge in [-0.1, -0.05) is 61.5 Å². The lowest BCUT2D eigenvalue weighted by atomic mass is 10.0. The predicted octanol–water partition coefficient (Wildman–Crippen LogP) is 4.36. The van der Waals surface area contributed by atoms with Gasteiger partial charge in [0.2, 0.25) is 0 Å². The van der Waals surface area contributed by atoms with Gasteiger partial charge in [0, 0.05) is 18.5 Å². The van der Waals surface area contributed by atoms with Crippen LogP contribution in [0.2, 0.25) is 0 Å². The molecule has 0 aliphatic heterocycles. The van der Waals surface area contributed by atoms with E-state index in [2.05, 4.69) is 0 Å². The molecule has 0 saturated carbocycles. The molecule has 0 fully saturated rings. The summed E-state index contributed by atoms with van der Waals surface area (Å²) in [4.78, 5) is 38.6. The summed E-state index contributed by atoms with van der Waals surface area (Å²) in [5, 5.41) is 0.524. The van der Waals surface area contributed by atoms with Crippen LogP contribution in [-0.4, -0.2) is 14.9 Å². The lowest BCUT2D eigenvalue weighted by molar-refractivity contribution is 0.0988. The third kappa shape index (κ3) is 4.19. The van der Waals surface area contributed by atoms with Gasteiger partial charge in [0.05, 0.1) is 17.4 Å². The summed E-state index contributed by atoms with van der Waals surface area (Å²) in [7, 11) is 0. The van der Waals surface area contributed by atoms with Crippen LogP contribution in [0.15, 0.2) is 82.4 Å². The van der Waals surface area contributed by atoms with Crippen LogP contribution in [0.4, 0.5) is 0 Å². The van der Waals surface area contributed by atoms with E-state index >= 15 is 0 Å². The van der Waals surface area contributed by atoms with Crippen LogP contribution in [-0.2, 0) is 19.5 Å². The summed E-state index contributed by atoms with van der Waals surface area (Å²) in [6.45, 7) is 4.43. The smallest absolute Gasteiger partial charge is 0.294 e. The molecule has 5 heteroatoms. The Hall–Kier alpha value is -3.73. The Kier molecular flexibility index (Phi) is 6.17. The quantitative estimate of drug-likeness (QED) is 0.413. The van der Waals surface area contributed by atoms with E-state index in [1.807, 2.05) is 80.6 Å². The number of fused-ring (bicyclic) bond motifs is 1. The van der Waals surface area contributed by atoms with E-state index in [1.54, 1.807) is 10.6 Å². The highest BCUT2D eigenvalue weighted by molar-refractivity contribution is 5.96. The number of rotatable bonds is 7. The molecule has 5 nitrogen and oxygen atoms in total. The lowest BCUT2D eigenvalue weighted by Gasteiger charge is -2.16. The summed E-state index contributed by atoms with van der Waals surface area (Å²) in [6, 6.07) is 22.6. The molecule has 0 spiro atoms. The minimum Gasteiger partial charge on any atom is -0.294 e. The van der Waals surface area contributed by atoms with Gasteiger partial charge in [-0.2, -0.15) is 0 Å². The summed E-state index contributed by atoms with van der Waals surface area (Å²) in [5.74, 6) is 0.0942. The van der Waals surface area contributed by atoms with Gasteiger partial charge in [-0.15, -0.1) is 0 Å². The number of nitrogens with zero attached hydrogens (tertiary/aromatic N) is 2. The first-order valence-corrected chi connectivity index (χ1v) is 10.9. The van der Waals surface area contributed by atoms with E-state index in [1.165, 1.54) is 4.57 Å². The van der Waals surface area contributed by atoms with Gasteiger partial charge in [-0.3, -0.25) is 18.7 Å². The highest BCUT2D eigenvalue weighted by Gasteiger charge is 2.14. The van der Waals surface area contributed by atoms with Crippen molar-refractivity contribution in [2.45, 2.75) is 39.8 Å². The predicted molar refractivity (Wildman–Crippen MR) is 128 cm³/mol. The molecule has 0 saturated heterocycles. The monoisotopic (exact) mass is 426 g/mol. The molecule has 0 radical (unpaired) electrons. The van der Waals surface area contributed by atoms with E-state index in [0.29, 0.717) is 42.4 Å². The van der Waals surface area contributed by atoms with E-state index in [4.69, 9.17) is 0 Å². The molecule has 3 aromatic carbocycles. The number of benzene rings is 3. The number of carbonyl (C=O) groups excluding carboxylic acids is 1. The molecule has 0 aliphatic carbocycles. The second-order valence-corrected chi connectivity index (χ2v) is 8.00. The van der Waals surface area contributed by atoms with E-state index in [9.17, 15) is 14.4 Å². The van der Waals surface area contributed by atoms with Gasteiger partial charge >= 0.3 is 5.69 Å². The molecule has 1 aromatic heterocycles. The molecule has 4 rings (SSSR count). The maximum Gasteiger partial charge on any atom is 0.331 e. The van der Waals surface area contributed by atoms with Gasteiger partial charge < -0.3 is 0 Å². The zero-order valence-corrected chi connectivity index (χ0v) is 18.4.